The fourth-order valence-electron chi connectivity index (χ4n) is 4.05. The molecule has 0 amide bonds. The second-order valence-corrected chi connectivity index (χ2v) is 11.1. The lowest BCUT2D eigenvalue weighted by Crippen LogP contribution is -2.11. The smallest absolute Gasteiger partial charge is 0.229 e. The van der Waals surface area contributed by atoms with Crippen molar-refractivity contribution in [3.63, 3.8) is 0 Å². The van der Waals surface area contributed by atoms with E-state index >= 15 is 0 Å². The molecule has 10 heteroatoms. The second-order valence-electron chi connectivity index (χ2n) is 8.87. The summed E-state index contributed by atoms with van der Waals surface area (Å²) in [5.74, 6) is 1.20. The summed E-state index contributed by atoms with van der Waals surface area (Å²) in [5, 5.41) is 6.50. The minimum absolute atomic E-state index is 0.160. The number of benzene rings is 3. The molecule has 4 aromatic rings. The Morgan fingerprint density at radius 2 is 1.84 bits per heavy atom. The van der Waals surface area contributed by atoms with Gasteiger partial charge in [0.1, 0.15) is 17.4 Å². The van der Waals surface area contributed by atoms with Gasteiger partial charge < -0.3 is 15.4 Å². The predicted molar refractivity (Wildman–Crippen MR) is 145 cm³/mol. The maximum atomic E-state index is 13.1. The molecule has 1 aliphatic heterocycles. The number of nitrogens with zero attached hydrogens (tertiary/aromatic N) is 2. The molecule has 8 nitrogen and oxygen atoms in total. The minimum atomic E-state index is -2.88. The molecule has 2 heterocycles. The lowest BCUT2D eigenvalue weighted by Gasteiger charge is -2.13. The van der Waals surface area contributed by atoms with Crippen LogP contribution < -0.4 is 15.4 Å². The summed E-state index contributed by atoms with van der Waals surface area (Å²) in [7, 11) is -2.88. The van der Waals surface area contributed by atoms with Crippen LogP contribution in [0.25, 0.3) is 11.1 Å². The normalized spacial score (nSPS) is 17.1. The molecule has 1 aromatic heterocycles. The van der Waals surface area contributed by atoms with E-state index in [1.165, 1.54) is 24.3 Å². The molecule has 0 saturated carbocycles. The third kappa shape index (κ3) is 5.97. The van der Waals surface area contributed by atoms with Gasteiger partial charge in [-0.05, 0) is 73.0 Å². The quantitative estimate of drug-likeness (QED) is 0.275. The zero-order valence-corrected chi connectivity index (χ0v) is 21.3. The Balaban J connectivity index is 1.33. The van der Waals surface area contributed by atoms with Crippen LogP contribution in [-0.2, 0) is 9.73 Å². The van der Waals surface area contributed by atoms with Gasteiger partial charge >= 0.3 is 0 Å². The molecule has 38 heavy (non-hydrogen) atoms. The van der Waals surface area contributed by atoms with E-state index in [-0.39, 0.29) is 12.4 Å². The first kappa shape index (κ1) is 25.3. The fourth-order valence-corrected chi connectivity index (χ4v) is 5.51. The van der Waals surface area contributed by atoms with Crippen molar-refractivity contribution in [2.45, 2.75) is 17.7 Å². The lowest BCUT2D eigenvalue weighted by molar-refractivity contribution is 0.0921. The third-order valence-electron chi connectivity index (χ3n) is 6.11. The summed E-state index contributed by atoms with van der Waals surface area (Å²) in [4.78, 5) is 21.9. The first-order valence-corrected chi connectivity index (χ1v) is 13.9. The molecule has 0 saturated heterocycles. The standard InChI is InChI=1S/C28H26FN5O3S/c29-21-10-6-20(7-11-21)26(35)18-37-23-12-8-19(9-13-23)25-17-32-28-33-22-4-3-5-24(16-22)38(30,36)15-2-1-14-31-27(25)34-28/h3-13,16-17,30H,1-2,14-15,18H2,(H2,31,32,33,34). The Morgan fingerprint density at radius 3 is 2.63 bits per heavy atom. The summed E-state index contributed by atoms with van der Waals surface area (Å²) in [6.45, 7) is 0.441. The highest BCUT2D eigenvalue weighted by atomic mass is 32.2. The number of anilines is 3. The molecule has 194 valence electrons. The van der Waals surface area contributed by atoms with Crippen molar-refractivity contribution in [3.8, 4) is 16.9 Å². The number of nitrogens with one attached hydrogen (secondary N) is 3. The van der Waals surface area contributed by atoms with Crippen molar-refractivity contribution in [1.29, 1.82) is 4.78 Å². The van der Waals surface area contributed by atoms with Gasteiger partial charge in [0.05, 0.1) is 9.73 Å². The van der Waals surface area contributed by atoms with Crippen LogP contribution in [0.2, 0.25) is 0 Å². The Kier molecular flexibility index (Phi) is 7.32. The molecule has 0 aliphatic carbocycles. The minimum Gasteiger partial charge on any atom is -0.485 e. The summed E-state index contributed by atoms with van der Waals surface area (Å²) >= 11 is 0. The Morgan fingerprint density at radius 1 is 1.05 bits per heavy atom. The van der Waals surface area contributed by atoms with Crippen molar-refractivity contribution in [3.05, 3.63) is 90.4 Å². The van der Waals surface area contributed by atoms with Crippen LogP contribution in [0.1, 0.15) is 23.2 Å². The van der Waals surface area contributed by atoms with Crippen molar-refractivity contribution < 1.29 is 18.1 Å². The van der Waals surface area contributed by atoms with E-state index in [2.05, 4.69) is 20.6 Å². The topological polar surface area (TPSA) is 117 Å². The van der Waals surface area contributed by atoms with Gasteiger partial charge in [0.2, 0.25) is 5.95 Å². The van der Waals surface area contributed by atoms with Crippen molar-refractivity contribution in [2.24, 2.45) is 0 Å². The molecule has 3 aromatic carbocycles. The Bertz CT molecular complexity index is 1560. The van der Waals surface area contributed by atoms with Gasteiger partial charge in [0.25, 0.3) is 0 Å². The number of carbonyl (C=O) groups excluding carboxylic acids is 1. The molecule has 0 spiro atoms. The maximum absolute atomic E-state index is 13.1. The van der Waals surface area contributed by atoms with Crippen LogP contribution in [0.3, 0.4) is 0 Å². The molecule has 1 atom stereocenters. The molecule has 1 unspecified atom stereocenters. The summed E-state index contributed by atoms with van der Waals surface area (Å²) in [6, 6.07) is 19.7. The van der Waals surface area contributed by atoms with E-state index in [1.807, 2.05) is 18.2 Å². The molecule has 0 radical (unpaired) electrons. The van der Waals surface area contributed by atoms with Gasteiger partial charge in [0, 0.05) is 40.2 Å². The van der Waals surface area contributed by atoms with E-state index in [0.717, 1.165) is 17.5 Å². The zero-order chi connectivity index (χ0) is 26.5. The number of aromatic nitrogens is 2. The molecule has 5 rings (SSSR count). The van der Waals surface area contributed by atoms with Crippen molar-refractivity contribution >= 4 is 33.0 Å². The largest absolute Gasteiger partial charge is 0.485 e. The maximum Gasteiger partial charge on any atom is 0.229 e. The van der Waals surface area contributed by atoms with Gasteiger partial charge in [-0.2, -0.15) is 4.98 Å². The zero-order valence-electron chi connectivity index (χ0n) is 20.4. The van der Waals surface area contributed by atoms with E-state index in [0.29, 0.717) is 52.4 Å². The number of fused-ring (bicyclic) bond motifs is 4. The van der Waals surface area contributed by atoms with E-state index in [9.17, 15) is 13.4 Å². The summed E-state index contributed by atoms with van der Waals surface area (Å²) < 4.78 is 39.9. The molecule has 3 N–H and O–H groups in total. The molecular formula is C28H26FN5O3S. The van der Waals surface area contributed by atoms with E-state index in [4.69, 9.17) is 9.52 Å². The lowest BCUT2D eigenvalue weighted by atomic mass is 10.1. The van der Waals surface area contributed by atoms with Gasteiger partial charge in [-0.3, -0.25) is 4.79 Å². The molecular weight excluding hydrogens is 505 g/mol. The highest BCUT2D eigenvalue weighted by molar-refractivity contribution is 7.92. The first-order chi connectivity index (χ1) is 18.4. The van der Waals surface area contributed by atoms with Crippen LogP contribution in [0.5, 0.6) is 5.75 Å². The van der Waals surface area contributed by atoms with E-state index < -0.39 is 15.5 Å². The number of Topliss-reactive ketones (excluding diaryl/α,β-unsaturated/α-hetero) is 1. The highest BCUT2D eigenvalue weighted by Crippen LogP contribution is 2.30. The number of rotatable bonds is 5. The molecule has 1 aliphatic rings. The van der Waals surface area contributed by atoms with Crippen LogP contribution in [-0.4, -0.2) is 38.9 Å². The predicted octanol–water partition coefficient (Wildman–Crippen LogP) is 5.90. The first-order valence-electron chi connectivity index (χ1n) is 12.1. The van der Waals surface area contributed by atoms with Crippen molar-refractivity contribution in [2.75, 3.05) is 29.5 Å². The summed E-state index contributed by atoms with van der Waals surface area (Å²) in [5.41, 5.74) is 2.70. The van der Waals surface area contributed by atoms with E-state index in [1.54, 1.807) is 36.5 Å². The third-order valence-corrected chi connectivity index (χ3v) is 7.99. The van der Waals surface area contributed by atoms with Gasteiger partial charge in [-0.15, -0.1) is 0 Å². The number of hydrogen-bond donors (Lipinski definition) is 3. The number of halogens is 1. The summed E-state index contributed by atoms with van der Waals surface area (Å²) in [6.07, 6.45) is 3.10. The number of carbonyl (C=O) groups is 1. The number of ether oxygens (including phenoxy) is 1. The monoisotopic (exact) mass is 531 g/mol. The highest BCUT2D eigenvalue weighted by Gasteiger charge is 2.15. The van der Waals surface area contributed by atoms with Crippen LogP contribution in [0.15, 0.2) is 83.9 Å². The average Bonchev–Trinajstić information content (AvgIpc) is 2.92. The van der Waals surface area contributed by atoms with Gasteiger partial charge in [-0.25, -0.2) is 18.4 Å². The van der Waals surface area contributed by atoms with Gasteiger partial charge in [-0.1, -0.05) is 18.2 Å². The molecule has 0 fully saturated rings. The van der Waals surface area contributed by atoms with Crippen LogP contribution in [0.4, 0.5) is 21.8 Å². The fraction of sp³-hybridized carbons (Fsp3) is 0.179. The van der Waals surface area contributed by atoms with Crippen molar-refractivity contribution in [1.82, 2.24) is 9.97 Å². The second kappa shape index (κ2) is 11.0. The van der Waals surface area contributed by atoms with Gasteiger partial charge in [0.15, 0.2) is 12.4 Å². The van der Waals surface area contributed by atoms with Crippen LogP contribution >= 0.6 is 0 Å². The SMILES string of the molecule is N=S1(=O)CCCCNc2nc(ncc2-c2ccc(OCC(=O)c3ccc(F)cc3)cc2)Nc2cccc1c2. The molecule has 4 bridgehead atoms. The number of hydrogen-bond acceptors (Lipinski definition) is 8. The Hall–Kier alpha value is -4.31. The van der Waals surface area contributed by atoms with Crippen LogP contribution in [0, 0.1) is 10.6 Å². The Labute approximate surface area is 220 Å². The number of ketones is 1. The average molecular weight is 532 g/mol.